The van der Waals surface area contributed by atoms with Crippen LogP contribution in [0.15, 0.2) is 67.3 Å². The molecule has 5 heteroatoms. The molecule has 0 saturated carbocycles. The first-order chi connectivity index (χ1) is 12.6. The van der Waals surface area contributed by atoms with Gasteiger partial charge in [0.15, 0.2) is 0 Å². The molecule has 0 atom stereocenters. The molecule has 0 aliphatic heterocycles. The molecule has 3 rings (SSSR count). The lowest BCUT2D eigenvalue weighted by Gasteiger charge is -2.15. The molecule has 0 unspecified atom stereocenters. The van der Waals surface area contributed by atoms with Gasteiger partial charge in [-0.05, 0) is 35.2 Å². The van der Waals surface area contributed by atoms with Crippen LogP contribution in [0.4, 0.5) is 11.4 Å². The second kappa shape index (κ2) is 8.25. The summed E-state index contributed by atoms with van der Waals surface area (Å²) in [7, 11) is 0. The Morgan fingerprint density at radius 2 is 1.88 bits per heavy atom. The van der Waals surface area contributed by atoms with Crippen LogP contribution in [0.25, 0.3) is 0 Å². The van der Waals surface area contributed by atoms with Crippen LogP contribution >= 0.6 is 0 Å². The van der Waals surface area contributed by atoms with Crippen molar-refractivity contribution in [2.45, 2.75) is 26.3 Å². The predicted molar refractivity (Wildman–Crippen MR) is 103 cm³/mol. The predicted octanol–water partition coefficient (Wildman–Crippen LogP) is 4.27. The van der Waals surface area contributed by atoms with Crippen LogP contribution in [-0.2, 0) is 6.54 Å². The third-order valence-electron chi connectivity index (χ3n) is 4.04. The Bertz CT molecular complexity index is 878. The number of hydrogen-bond donors (Lipinski definition) is 2. The fourth-order valence-electron chi connectivity index (χ4n) is 2.69. The van der Waals surface area contributed by atoms with Gasteiger partial charge < -0.3 is 10.6 Å². The van der Waals surface area contributed by atoms with Gasteiger partial charge in [-0.2, -0.15) is 0 Å². The molecule has 1 aromatic carbocycles. The average Bonchev–Trinajstić information content (AvgIpc) is 2.67. The number of pyridine rings is 2. The van der Waals surface area contributed by atoms with Gasteiger partial charge in [-0.25, -0.2) is 0 Å². The standard InChI is InChI=1S/C21H22N4O/c1-15(2)19-7-3-4-8-20(19)25-18-10-17(13-23-14-18)21(26)24-12-16-6-5-9-22-11-16/h3-11,13-15,25H,12H2,1-2H3,(H,24,26). The van der Waals surface area contributed by atoms with E-state index >= 15 is 0 Å². The maximum Gasteiger partial charge on any atom is 0.253 e. The van der Waals surface area contributed by atoms with Crippen LogP contribution in [0.1, 0.15) is 41.3 Å². The lowest BCUT2D eigenvalue weighted by atomic mass is 10.0. The molecule has 0 saturated heterocycles. The number of rotatable bonds is 6. The van der Waals surface area contributed by atoms with E-state index in [1.54, 1.807) is 24.8 Å². The summed E-state index contributed by atoms with van der Waals surface area (Å²) in [6, 6.07) is 13.7. The van der Waals surface area contributed by atoms with Crippen LogP contribution in [0.5, 0.6) is 0 Å². The molecule has 0 bridgehead atoms. The normalized spacial score (nSPS) is 10.6. The molecule has 0 radical (unpaired) electrons. The first kappa shape index (κ1) is 17.6. The zero-order valence-electron chi connectivity index (χ0n) is 14.9. The third-order valence-corrected chi connectivity index (χ3v) is 4.04. The average molecular weight is 346 g/mol. The van der Waals surface area contributed by atoms with E-state index in [-0.39, 0.29) is 5.91 Å². The summed E-state index contributed by atoms with van der Waals surface area (Å²) in [6.07, 6.45) is 6.73. The minimum absolute atomic E-state index is 0.165. The number of para-hydroxylation sites is 1. The number of nitrogens with one attached hydrogen (secondary N) is 2. The lowest BCUT2D eigenvalue weighted by molar-refractivity contribution is 0.0950. The second-order valence-corrected chi connectivity index (χ2v) is 6.37. The van der Waals surface area contributed by atoms with Gasteiger partial charge in [0.25, 0.3) is 5.91 Å². The number of hydrogen-bond acceptors (Lipinski definition) is 4. The molecule has 2 heterocycles. The molecule has 0 spiro atoms. The molecule has 26 heavy (non-hydrogen) atoms. The van der Waals surface area contributed by atoms with E-state index in [1.165, 1.54) is 5.56 Å². The highest BCUT2D eigenvalue weighted by Gasteiger charge is 2.09. The van der Waals surface area contributed by atoms with E-state index in [9.17, 15) is 4.79 Å². The van der Waals surface area contributed by atoms with E-state index in [0.29, 0.717) is 18.0 Å². The smallest absolute Gasteiger partial charge is 0.253 e. The number of carbonyl (C=O) groups is 1. The first-order valence-electron chi connectivity index (χ1n) is 8.61. The van der Waals surface area contributed by atoms with E-state index in [2.05, 4.69) is 40.5 Å². The Labute approximate surface area is 153 Å². The van der Waals surface area contributed by atoms with Crippen LogP contribution in [-0.4, -0.2) is 15.9 Å². The van der Waals surface area contributed by atoms with Gasteiger partial charge in [0.1, 0.15) is 0 Å². The maximum absolute atomic E-state index is 12.4. The molecule has 0 fully saturated rings. The fourth-order valence-corrected chi connectivity index (χ4v) is 2.69. The molecule has 5 nitrogen and oxygen atoms in total. The second-order valence-electron chi connectivity index (χ2n) is 6.37. The molecule has 2 N–H and O–H groups in total. The molecular formula is C21H22N4O. The summed E-state index contributed by atoms with van der Waals surface area (Å²) in [6.45, 7) is 4.74. The van der Waals surface area contributed by atoms with Gasteiger partial charge in [-0.1, -0.05) is 38.1 Å². The van der Waals surface area contributed by atoms with Crippen molar-refractivity contribution in [1.82, 2.24) is 15.3 Å². The molecule has 2 aromatic heterocycles. The highest BCUT2D eigenvalue weighted by atomic mass is 16.1. The van der Waals surface area contributed by atoms with Gasteiger partial charge in [-0.3, -0.25) is 14.8 Å². The van der Waals surface area contributed by atoms with Crippen molar-refractivity contribution in [2.75, 3.05) is 5.32 Å². The monoisotopic (exact) mass is 346 g/mol. The Morgan fingerprint density at radius 1 is 1.04 bits per heavy atom. The number of anilines is 2. The Hall–Kier alpha value is -3.21. The largest absolute Gasteiger partial charge is 0.354 e. The van der Waals surface area contributed by atoms with Crippen molar-refractivity contribution < 1.29 is 4.79 Å². The van der Waals surface area contributed by atoms with Gasteiger partial charge in [0.05, 0.1) is 17.4 Å². The van der Waals surface area contributed by atoms with Crippen molar-refractivity contribution in [3.63, 3.8) is 0 Å². The summed E-state index contributed by atoms with van der Waals surface area (Å²) in [5.41, 5.74) is 4.50. The van der Waals surface area contributed by atoms with Crippen LogP contribution in [0, 0.1) is 0 Å². The Morgan fingerprint density at radius 3 is 2.65 bits per heavy atom. The van der Waals surface area contributed by atoms with Crippen molar-refractivity contribution in [1.29, 1.82) is 0 Å². The molecule has 0 aliphatic carbocycles. The van der Waals surface area contributed by atoms with Crippen molar-refractivity contribution in [3.8, 4) is 0 Å². The van der Waals surface area contributed by atoms with Crippen LogP contribution < -0.4 is 10.6 Å². The van der Waals surface area contributed by atoms with Gasteiger partial charge >= 0.3 is 0 Å². The first-order valence-corrected chi connectivity index (χ1v) is 8.61. The van der Waals surface area contributed by atoms with E-state index in [4.69, 9.17) is 0 Å². The van der Waals surface area contributed by atoms with Crippen LogP contribution in [0.3, 0.4) is 0 Å². The zero-order chi connectivity index (χ0) is 18.4. The summed E-state index contributed by atoms with van der Waals surface area (Å²) in [4.78, 5) is 20.6. The van der Waals surface area contributed by atoms with Crippen molar-refractivity contribution >= 4 is 17.3 Å². The van der Waals surface area contributed by atoms with Gasteiger partial charge in [-0.15, -0.1) is 0 Å². The maximum atomic E-state index is 12.4. The van der Waals surface area contributed by atoms with Crippen molar-refractivity contribution in [3.05, 3.63) is 83.9 Å². The lowest BCUT2D eigenvalue weighted by Crippen LogP contribution is -2.23. The third kappa shape index (κ3) is 4.45. The van der Waals surface area contributed by atoms with Gasteiger partial charge in [0, 0.05) is 30.8 Å². The van der Waals surface area contributed by atoms with E-state index in [1.807, 2.05) is 36.4 Å². The SMILES string of the molecule is CC(C)c1ccccc1Nc1cncc(C(=O)NCc2cccnc2)c1. The topological polar surface area (TPSA) is 66.9 Å². The Kier molecular flexibility index (Phi) is 5.59. The highest BCUT2D eigenvalue weighted by Crippen LogP contribution is 2.26. The van der Waals surface area contributed by atoms with E-state index < -0.39 is 0 Å². The van der Waals surface area contributed by atoms with E-state index in [0.717, 1.165) is 16.9 Å². The minimum Gasteiger partial charge on any atom is -0.354 e. The Balaban J connectivity index is 1.71. The van der Waals surface area contributed by atoms with Crippen LogP contribution in [0.2, 0.25) is 0 Å². The molecule has 1 amide bonds. The number of benzene rings is 1. The highest BCUT2D eigenvalue weighted by molar-refractivity contribution is 5.94. The summed E-state index contributed by atoms with van der Waals surface area (Å²) >= 11 is 0. The molecular weight excluding hydrogens is 324 g/mol. The van der Waals surface area contributed by atoms with Crippen molar-refractivity contribution in [2.24, 2.45) is 0 Å². The summed E-state index contributed by atoms with van der Waals surface area (Å²) < 4.78 is 0. The van der Waals surface area contributed by atoms with Gasteiger partial charge in [0.2, 0.25) is 0 Å². The number of nitrogens with zero attached hydrogens (tertiary/aromatic N) is 2. The molecule has 0 aliphatic rings. The fraction of sp³-hybridized carbons (Fsp3) is 0.190. The number of amides is 1. The zero-order valence-corrected chi connectivity index (χ0v) is 14.9. The quantitative estimate of drug-likeness (QED) is 0.699. The summed E-state index contributed by atoms with van der Waals surface area (Å²) in [5, 5.41) is 6.26. The number of carbonyl (C=O) groups excluding carboxylic acids is 1. The molecule has 132 valence electrons. The summed E-state index contributed by atoms with van der Waals surface area (Å²) in [5.74, 6) is 0.236. The number of aromatic nitrogens is 2. The minimum atomic E-state index is -0.165. The molecule has 3 aromatic rings.